The molecule has 0 radical (unpaired) electrons. The van der Waals surface area contributed by atoms with Crippen LogP contribution in [0, 0.1) is 0 Å². The molecule has 1 aromatic rings. The normalized spacial score (nSPS) is 13.2. The van der Waals surface area contributed by atoms with Crippen LogP contribution < -0.4 is 5.32 Å². The summed E-state index contributed by atoms with van der Waals surface area (Å²) in [5.41, 5.74) is 2.27. The molecule has 0 amide bonds. The Balaban J connectivity index is 2.82. The van der Waals surface area contributed by atoms with Crippen molar-refractivity contribution in [2.75, 3.05) is 13.6 Å². The number of nitrogens with one attached hydrogen (secondary N) is 1. The second-order valence-corrected chi connectivity index (χ2v) is 3.90. The lowest BCUT2D eigenvalue weighted by Crippen LogP contribution is -2.16. The van der Waals surface area contributed by atoms with Crippen LogP contribution in [0.25, 0.3) is 0 Å². The first-order valence-electron chi connectivity index (χ1n) is 5.07. The van der Waals surface area contributed by atoms with Crippen molar-refractivity contribution in [2.45, 2.75) is 25.9 Å². The fourth-order valence-corrected chi connectivity index (χ4v) is 1.44. The zero-order chi connectivity index (χ0) is 10.6. The largest absolute Gasteiger partial charge is 0.387 e. The van der Waals surface area contributed by atoms with E-state index in [1.54, 1.807) is 0 Å². The molecule has 1 unspecified atom stereocenters. The predicted molar refractivity (Wildman–Crippen MR) is 59.4 cm³/mol. The van der Waals surface area contributed by atoms with E-state index in [4.69, 9.17) is 0 Å². The fraction of sp³-hybridized carbons (Fsp3) is 0.500. The third-order valence-electron chi connectivity index (χ3n) is 2.36. The topological polar surface area (TPSA) is 32.3 Å². The van der Waals surface area contributed by atoms with Crippen molar-refractivity contribution in [2.24, 2.45) is 0 Å². The summed E-state index contributed by atoms with van der Waals surface area (Å²) in [7, 11) is 1.84. The maximum atomic E-state index is 9.76. The SMILES string of the molecule is CNCC(O)c1cccc(C(C)C)c1. The van der Waals surface area contributed by atoms with Gasteiger partial charge in [0.2, 0.25) is 0 Å². The van der Waals surface area contributed by atoms with Crippen LogP contribution in [0.15, 0.2) is 24.3 Å². The van der Waals surface area contributed by atoms with Gasteiger partial charge in [-0.3, -0.25) is 0 Å². The molecule has 0 saturated carbocycles. The zero-order valence-corrected chi connectivity index (χ0v) is 9.12. The Bertz CT molecular complexity index is 283. The van der Waals surface area contributed by atoms with Gasteiger partial charge in [0.05, 0.1) is 6.10 Å². The van der Waals surface area contributed by atoms with Crippen LogP contribution in [0.1, 0.15) is 37.0 Å². The smallest absolute Gasteiger partial charge is 0.0914 e. The lowest BCUT2D eigenvalue weighted by Gasteiger charge is -2.13. The van der Waals surface area contributed by atoms with Crippen molar-refractivity contribution in [3.63, 3.8) is 0 Å². The number of hydrogen-bond acceptors (Lipinski definition) is 2. The van der Waals surface area contributed by atoms with Crippen molar-refractivity contribution in [1.82, 2.24) is 5.32 Å². The minimum Gasteiger partial charge on any atom is -0.387 e. The van der Waals surface area contributed by atoms with Crippen LogP contribution in [-0.4, -0.2) is 18.7 Å². The Morgan fingerprint density at radius 3 is 2.50 bits per heavy atom. The monoisotopic (exact) mass is 193 g/mol. The Morgan fingerprint density at radius 1 is 1.29 bits per heavy atom. The second-order valence-electron chi connectivity index (χ2n) is 3.90. The second kappa shape index (κ2) is 5.13. The first-order chi connectivity index (χ1) is 6.65. The number of aliphatic hydroxyl groups excluding tert-OH is 1. The van der Waals surface area contributed by atoms with E-state index in [1.807, 2.05) is 19.2 Å². The number of rotatable bonds is 4. The minimum atomic E-state index is -0.404. The van der Waals surface area contributed by atoms with E-state index in [0.717, 1.165) is 5.56 Å². The molecule has 2 nitrogen and oxygen atoms in total. The van der Waals surface area contributed by atoms with Crippen molar-refractivity contribution in [3.8, 4) is 0 Å². The summed E-state index contributed by atoms with van der Waals surface area (Å²) in [5, 5.41) is 12.7. The van der Waals surface area contributed by atoms with Gasteiger partial charge in [-0.2, -0.15) is 0 Å². The molecule has 14 heavy (non-hydrogen) atoms. The van der Waals surface area contributed by atoms with Gasteiger partial charge in [0.25, 0.3) is 0 Å². The molecular weight excluding hydrogens is 174 g/mol. The highest BCUT2D eigenvalue weighted by atomic mass is 16.3. The molecule has 0 aliphatic heterocycles. The Morgan fingerprint density at radius 2 is 1.93 bits per heavy atom. The third-order valence-corrected chi connectivity index (χ3v) is 2.36. The van der Waals surface area contributed by atoms with Gasteiger partial charge >= 0.3 is 0 Å². The fourth-order valence-electron chi connectivity index (χ4n) is 1.44. The third kappa shape index (κ3) is 2.82. The molecule has 2 N–H and O–H groups in total. The standard InChI is InChI=1S/C12H19NO/c1-9(2)10-5-4-6-11(7-10)12(14)8-13-3/h4-7,9,12-14H,8H2,1-3H3. The Labute approximate surface area is 86.0 Å². The number of likely N-dealkylation sites (N-methyl/N-ethyl adjacent to an activating group) is 1. The maximum Gasteiger partial charge on any atom is 0.0914 e. The molecule has 0 spiro atoms. The maximum absolute atomic E-state index is 9.76. The highest BCUT2D eigenvalue weighted by Gasteiger charge is 2.07. The van der Waals surface area contributed by atoms with Crippen LogP contribution >= 0.6 is 0 Å². The van der Waals surface area contributed by atoms with Gasteiger partial charge in [-0.1, -0.05) is 38.1 Å². The number of aliphatic hydroxyl groups is 1. The van der Waals surface area contributed by atoms with E-state index in [2.05, 4.69) is 31.3 Å². The van der Waals surface area contributed by atoms with Gasteiger partial charge in [0.15, 0.2) is 0 Å². The van der Waals surface area contributed by atoms with E-state index >= 15 is 0 Å². The lowest BCUT2D eigenvalue weighted by atomic mass is 9.99. The van der Waals surface area contributed by atoms with Crippen LogP contribution in [-0.2, 0) is 0 Å². The van der Waals surface area contributed by atoms with Gasteiger partial charge in [-0.15, -0.1) is 0 Å². The Hall–Kier alpha value is -0.860. The van der Waals surface area contributed by atoms with Crippen molar-refractivity contribution >= 4 is 0 Å². The summed E-state index contributed by atoms with van der Waals surface area (Å²) in [6.45, 7) is 4.91. The van der Waals surface area contributed by atoms with Gasteiger partial charge in [0, 0.05) is 6.54 Å². The molecule has 0 saturated heterocycles. The van der Waals surface area contributed by atoms with Crippen molar-refractivity contribution < 1.29 is 5.11 Å². The minimum absolute atomic E-state index is 0.404. The first kappa shape index (κ1) is 11.2. The van der Waals surface area contributed by atoms with E-state index in [9.17, 15) is 5.11 Å². The predicted octanol–water partition coefficient (Wildman–Crippen LogP) is 2.06. The average molecular weight is 193 g/mol. The van der Waals surface area contributed by atoms with E-state index in [1.165, 1.54) is 5.56 Å². The summed E-state index contributed by atoms with van der Waals surface area (Å²) >= 11 is 0. The summed E-state index contributed by atoms with van der Waals surface area (Å²) in [5.74, 6) is 0.511. The van der Waals surface area contributed by atoms with Crippen molar-refractivity contribution in [1.29, 1.82) is 0 Å². The number of benzene rings is 1. The highest BCUT2D eigenvalue weighted by molar-refractivity contribution is 5.27. The molecule has 0 aromatic heterocycles. The molecule has 0 bridgehead atoms. The zero-order valence-electron chi connectivity index (χ0n) is 9.12. The molecule has 0 fully saturated rings. The summed E-state index contributed by atoms with van der Waals surface area (Å²) < 4.78 is 0. The molecule has 78 valence electrons. The van der Waals surface area contributed by atoms with Gasteiger partial charge in [-0.05, 0) is 24.1 Å². The lowest BCUT2D eigenvalue weighted by molar-refractivity contribution is 0.177. The molecule has 1 rings (SSSR count). The van der Waals surface area contributed by atoms with E-state index in [-0.39, 0.29) is 0 Å². The van der Waals surface area contributed by atoms with Gasteiger partial charge in [0.1, 0.15) is 0 Å². The molecule has 1 aromatic carbocycles. The van der Waals surface area contributed by atoms with Crippen LogP contribution in [0.4, 0.5) is 0 Å². The number of hydrogen-bond donors (Lipinski definition) is 2. The Kier molecular flexibility index (Phi) is 4.11. The van der Waals surface area contributed by atoms with Gasteiger partial charge < -0.3 is 10.4 Å². The van der Waals surface area contributed by atoms with Crippen LogP contribution in [0.5, 0.6) is 0 Å². The summed E-state index contributed by atoms with van der Waals surface area (Å²) in [6, 6.07) is 8.14. The first-order valence-corrected chi connectivity index (χ1v) is 5.07. The molecular formula is C12H19NO. The summed E-state index contributed by atoms with van der Waals surface area (Å²) in [6.07, 6.45) is -0.404. The van der Waals surface area contributed by atoms with Crippen molar-refractivity contribution in [3.05, 3.63) is 35.4 Å². The highest BCUT2D eigenvalue weighted by Crippen LogP contribution is 2.19. The van der Waals surface area contributed by atoms with E-state index < -0.39 is 6.10 Å². The molecule has 0 heterocycles. The molecule has 0 aliphatic rings. The van der Waals surface area contributed by atoms with Crippen LogP contribution in [0.3, 0.4) is 0 Å². The molecule has 0 aliphatic carbocycles. The molecule has 1 atom stereocenters. The van der Waals surface area contributed by atoms with Gasteiger partial charge in [-0.25, -0.2) is 0 Å². The van der Waals surface area contributed by atoms with Crippen LogP contribution in [0.2, 0.25) is 0 Å². The van der Waals surface area contributed by atoms with E-state index in [0.29, 0.717) is 12.5 Å². The average Bonchev–Trinajstić information content (AvgIpc) is 2.18. The summed E-state index contributed by atoms with van der Waals surface area (Å²) in [4.78, 5) is 0. The quantitative estimate of drug-likeness (QED) is 0.767. The molecule has 2 heteroatoms.